The number of nitrogens with zero attached hydrogens (tertiary/aromatic N) is 1. The second kappa shape index (κ2) is 7.00. The molecule has 2 saturated heterocycles. The summed E-state index contributed by atoms with van der Waals surface area (Å²) in [7, 11) is 2.26. The lowest BCUT2D eigenvalue weighted by molar-refractivity contribution is 0.288. The summed E-state index contributed by atoms with van der Waals surface area (Å²) in [6, 6.07) is 1.62. The molecule has 2 rings (SSSR count). The fraction of sp³-hybridized carbons (Fsp3) is 1.00. The highest BCUT2D eigenvalue weighted by atomic mass is 35.5. The molecule has 1 N–H and O–H groups in total. The summed E-state index contributed by atoms with van der Waals surface area (Å²) in [6.45, 7) is 2.51. The first-order valence-corrected chi connectivity index (χ1v) is 7.03. The Labute approximate surface area is 104 Å². The molecule has 0 amide bonds. The van der Waals surface area contributed by atoms with Crippen molar-refractivity contribution in [3.63, 3.8) is 0 Å². The van der Waals surface area contributed by atoms with E-state index in [1.807, 2.05) is 0 Å². The van der Waals surface area contributed by atoms with Gasteiger partial charge in [0.1, 0.15) is 0 Å². The zero-order chi connectivity index (χ0) is 9.80. The van der Waals surface area contributed by atoms with Gasteiger partial charge in [-0.25, -0.2) is 0 Å². The van der Waals surface area contributed by atoms with E-state index in [1.54, 1.807) is 0 Å². The van der Waals surface area contributed by atoms with Crippen LogP contribution in [0.1, 0.15) is 25.7 Å². The molecule has 2 heterocycles. The van der Waals surface area contributed by atoms with Crippen LogP contribution in [0.2, 0.25) is 0 Å². The van der Waals surface area contributed by atoms with Crippen LogP contribution in [0.5, 0.6) is 0 Å². The molecule has 0 spiro atoms. The van der Waals surface area contributed by atoms with Gasteiger partial charge in [-0.1, -0.05) is 0 Å². The van der Waals surface area contributed by atoms with E-state index in [0.29, 0.717) is 0 Å². The fourth-order valence-corrected chi connectivity index (χ4v) is 3.55. The van der Waals surface area contributed by atoms with Crippen molar-refractivity contribution in [2.24, 2.45) is 0 Å². The van der Waals surface area contributed by atoms with Gasteiger partial charge in [0.25, 0.3) is 0 Å². The maximum atomic E-state index is 3.74. The van der Waals surface area contributed by atoms with E-state index in [4.69, 9.17) is 0 Å². The first-order valence-electron chi connectivity index (χ1n) is 5.87. The third-order valence-electron chi connectivity index (χ3n) is 3.53. The Kier molecular flexibility index (Phi) is 6.36. The molecule has 0 aromatic heterocycles. The fourth-order valence-electron chi connectivity index (χ4n) is 2.44. The standard InChI is InChI=1S/C11H22N2S.ClH/c1-13-6-2-3-11(13)9-12-10-4-7-14-8-5-10;/h10-12H,2-9H2,1H3;1H. The van der Waals surface area contributed by atoms with Crippen LogP contribution in [0, 0.1) is 0 Å². The molecule has 0 aromatic rings. The molecule has 1 unspecified atom stereocenters. The number of hydrogen-bond donors (Lipinski definition) is 1. The van der Waals surface area contributed by atoms with Crippen LogP contribution in [-0.2, 0) is 0 Å². The molecule has 2 aliphatic rings. The number of nitrogens with one attached hydrogen (secondary N) is 1. The topological polar surface area (TPSA) is 15.3 Å². The van der Waals surface area contributed by atoms with E-state index in [9.17, 15) is 0 Å². The average molecular weight is 251 g/mol. The lowest BCUT2D eigenvalue weighted by Crippen LogP contribution is -2.41. The molecule has 15 heavy (non-hydrogen) atoms. The van der Waals surface area contributed by atoms with Gasteiger partial charge in [-0.2, -0.15) is 11.8 Å². The van der Waals surface area contributed by atoms with Gasteiger partial charge in [0.15, 0.2) is 0 Å². The third-order valence-corrected chi connectivity index (χ3v) is 4.58. The van der Waals surface area contributed by atoms with E-state index in [-0.39, 0.29) is 12.4 Å². The van der Waals surface area contributed by atoms with Crippen molar-refractivity contribution in [3.8, 4) is 0 Å². The molecule has 0 aromatic carbocycles. The van der Waals surface area contributed by atoms with Crippen molar-refractivity contribution in [1.82, 2.24) is 10.2 Å². The third kappa shape index (κ3) is 4.14. The molecule has 2 aliphatic heterocycles. The van der Waals surface area contributed by atoms with E-state index >= 15 is 0 Å². The van der Waals surface area contributed by atoms with E-state index in [1.165, 1.54) is 50.3 Å². The van der Waals surface area contributed by atoms with Crippen LogP contribution in [0.25, 0.3) is 0 Å². The van der Waals surface area contributed by atoms with Crippen LogP contribution >= 0.6 is 24.2 Å². The zero-order valence-electron chi connectivity index (χ0n) is 9.58. The number of likely N-dealkylation sites (N-methyl/N-ethyl adjacent to an activating group) is 1. The number of thioether (sulfide) groups is 1. The van der Waals surface area contributed by atoms with Crippen molar-refractivity contribution in [3.05, 3.63) is 0 Å². The summed E-state index contributed by atoms with van der Waals surface area (Å²) < 4.78 is 0. The van der Waals surface area contributed by atoms with Crippen LogP contribution in [0.15, 0.2) is 0 Å². The molecule has 90 valence electrons. The Balaban J connectivity index is 0.00000112. The molecule has 2 nitrogen and oxygen atoms in total. The van der Waals surface area contributed by atoms with Crippen LogP contribution in [0.4, 0.5) is 0 Å². The quantitative estimate of drug-likeness (QED) is 0.825. The molecule has 1 atom stereocenters. The van der Waals surface area contributed by atoms with Crippen LogP contribution < -0.4 is 5.32 Å². The van der Waals surface area contributed by atoms with Gasteiger partial charge >= 0.3 is 0 Å². The van der Waals surface area contributed by atoms with Gasteiger partial charge in [-0.05, 0) is 50.8 Å². The molecule has 0 bridgehead atoms. The number of halogens is 1. The Morgan fingerprint density at radius 2 is 2.00 bits per heavy atom. The second-order valence-corrected chi connectivity index (χ2v) is 5.80. The molecule has 4 heteroatoms. The number of rotatable bonds is 3. The summed E-state index contributed by atoms with van der Waals surface area (Å²) in [6.07, 6.45) is 5.54. The van der Waals surface area contributed by atoms with Gasteiger partial charge in [0, 0.05) is 18.6 Å². The minimum absolute atomic E-state index is 0. The zero-order valence-corrected chi connectivity index (χ0v) is 11.2. The van der Waals surface area contributed by atoms with Gasteiger partial charge in [-0.3, -0.25) is 0 Å². The monoisotopic (exact) mass is 250 g/mol. The lowest BCUT2D eigenvalue weighted by atomic mass is 10.1. The van der Waals surface area contributed by atoms with E-state index in [0.717, 1.165) is 12.1 Å². The van der Waals surface area contributed by atoms with Crippen molar-refractivity contribution >= 4 is 24.2 Å². The van der Waals surface area contributed by atoms with Crippen LogP contribution in [-0.4, -0.2) is 48.6 Å². The Bertz CT molecular complexity index is 174. The van der Waals surface area contributed by atoms with Crippen molar-refractivity contribution in [2.45, 2.75) is 37.8 Å². The summed E-state index contributed by atoms with van der Waals surface area (Å²) in [4.78, 5) is 2.50. The Morgan fingerprint density at radius 3 is 2.60 bits per heavy atom. The smallest absolute Gasteiger partial charge is 0.0218 e. The predicted octanol–water partition coefficient (Wildman–Crippen LogP) is 1.99. The summed E-state index contributed by atoms with van der Waals surface area (Å²) in [5, 5.41) is 3.74. The lowest BCUT2D eigenvalue weighted by Gasteiger charge is -2.26. The highest BCUT2D eigenvalue weighted by molar-refractivity contribution is 7.99. The Hall–Kier alpha value is 0.560. The highest BCUT2D eigenvalue weighted by Crippen LogP contribution is 2.18. The molecule has 0 saturated carbocycles. The second-order valence-electron chi connectivity index (χ2n) is 4.57. The molecule has 0 aliphatic carbocycles. The molecular formula is C11H23ClN2S. The SMILES string of the molecule is CN1CCCC1CNC1CCSCC1.Cl. The van der Waals surface area contributed by atoms with Gasteiger partial charge in [-0.15, -0.1) is 12.4 Å². The number of likely N-dealkylation sites (tertiary alicyclic amines) is 1. The van der Waals surface area contributed by atoms with Gasteiger partial charge in [0.2, 0.25) is 0 Å². The van der Waals surface area contributed by atoms with Crippen LogP contribution in [0.3, 0.4) is 0 Å². The van der Waals surface area contributed by atoms with Crippen molar-refractivity contribution < 1.29 is 0 Å². The van der Waals surface area contributed by atoms with Crippen molar-refractivity contribution in [2.75, 3.05) is 31.6 Å². The molecular weight excluding hydrogens is 228 g/mol. The van der Waals surface area contributed by atoms with Gasteiger partial charge < -0.3 is 10.2 Å². The predicted molar refractivity (Wildman–Crippen MR) is 71.2 cm³/mol. The van der Waals surface area contributed by atoms with Gasteiger partial charge in [0.05, 0.1) is 0 Å². The Morgan fingerprint density at radius 1 is 1.27 bits per heavy atom. The maximum absolute atomic E-state index is 3.74. The molecule has 2 fully saturated rings. The minimum atomic E-state index is 0. The average Bonchev–Trinajstić information content (AvgIpc) is 2.63. The summed E-state index contributed by atoms with van der Waals surface area (Å²) in [5.74, 6) is 2.72. The normalized spacial score (nSPS) is 29.0. The minimum Gasteiger partial charge on any atom is -0.312 e. The largest absolute Gasteiger partial charge is 0.312 e. The first-order chi connectivity index (χ1) is 6.86. The maximum Gasteiger partial charge on any atom is 0.0218 e. The summed E-state index contributed by atoms with van der Waals surface area (Å²) in [5.41, 5.74) is 0. The first kappa shape index (κ1) is 13.6. The van der Waals surface area contributed by atoms with E-state index < -0.39 is 0 Å². The highest BCUT2D eigenvalue weighted by Gasteiger charge is 2.22. The summed E-state index contributed by atoms with van der Waals surface area (Å²) >= 11 is 2.11. The van der Waals surface area contributed by atoms with Crippen molar-refractivity contribution in [1.29, 1.82) is 0 Å². The van der Waals surface area contributed by atoms with E-state index in [2.05, 4.69) is 29.0 Å². The number of hydrogen-bond acceptors (Lipinski definition) is 3. The molecule has 0 radical (unpaired) electrons.